The van der Waals surface area contributed by atoms with Gasteiger partial charge in [0.05, 0.1) is 6.10 Å². The van der Waals surface area contributed by atoms with E-state index >= 15 is 0 Å². The molecule has 0 aromatic carbocycles. The van der Waals surface area contributed by atoms with Crippen LogP contribution in [0.15, 0.2) is 0 Å². The zero-order chi connectivity index (χ0) is 11.9. The molecule has 2 bridgehead atoms. The van der Waals surface area contributed by atoms with Gasteiger partial charge in [0.2, 0.25) is 0 Å². The molecule has 3 unspecified atom stereocenters. The second-order valence-electron chi connectivity index (χ2n) is 4.72. The van der Waals surface area contributed by atoms with Crippen molar-refractivity contribution in [3.63, 3.8) is 0 Å². The molecule has 0 aliphatic carbocycles. The van der Waals surface area contributed by atoms with Gasteiger partial charge in [-0.2, -0.15) is 13.2 Å². The first-order chi connectivity index (χ1) is 7.38. The van der Waals surface area contributed by atoms with Crippen molar-refractivity contribution in [3.8, 4) is 0 Å². The van der Waals surface area contributed by atoms with E-state index in [9.17, 15) is 18.3 Å². The van der Waals surface area contributed by atoms with E-state index in [1.807, 2.05) is 4.90 Å². The lowest BCUT2D eigenvalue weighted by molar-refractivity contribution is -0.133. The number of aliphatic hydroxyl groups is 1. The minimum Gasteiger partial charge on any atom is -0.393 e. The van der Waals surface area contributed by atoms with Gasteiger partial charge in [-0.15, -0.1) is 0 Å². The summed E-state index contributed by atoms with van der Waals surface area (Å²) >= 11 is 2.70. The van der Waals surface area contributed by atoms with Crippen molar-refractivity contribution in [3.05, 3.63) is 0 Å². The van der Waals surface area contributed by atoms with Gasteiger partial charge in [-0.1, -0.05) is 15.9 Å². The van der Waals surface area contributed by atoms with E-state index in [0.717, 1.165) is 12.8 Å². The summed E-state index contributed by atoms with van der Waals surface area (Å²) in [5.74, 6) is 0. The van der Waals surface area contributed by atoms with E-state index in [-0.39, 0.29) is 24.7 Å². The summed E-state index contributed by atoms with van der Waals surface area (Å²) in [6, 6.07) is 0.271. The highest BCUT2D eigenvalue weighted by Crippen LogP contribution is 2.38. The first-order valence-electron chi connectivity index (χ1n) is 5.52. The van der Waals surface area contributed by atoms with Crippen LogP contribution in [0.4, 0.5) is 13.2 Å². The van der Waals surface area contributed by atoms with E-state index in [4.69, 9.17) is 0 Å². The summed E-state index contributed by atoms with van der Waals surface area (Å²) in [6.07, 6.45) is -1.44. The second kappa shape index (κ2) is 4.46. The molecule has 2 aliphatic rings. The van der Waals surface area contributed by atoms with Crippen LogP contribution in [0.25, 0.3) is 0 Å². The molecule has 0 aromatic rings. The van der Waals surface area contributed by atoms with Gasteiger partial charge >= 0.3 is 6.18 Å². The van der Waals surface area contributed by atoms with Crippen LogP contribution in [0.3, 0.4) is 0 Å². The summed E-state index contributed by atoms with van der Waals surface area (Å²) in [4.78, 5) is 0.456. The van der Waals surface area contributed by atoms with E-state index in [1.165, 1.54) is 0 Å². The molecule has 2 saturated heterocycles. The number of aliphatic hydroxyl groups excluding tert-OH is 1. The third kappa shape index (κ3) is 2.54. The fraction of sp³-hybridized carbons (Fsp3) is 1.00. The Morgan fingerprint density at radius 2 is 1.75 bits per heavy atom. The van der Waals surface area contributed by atoms with Gasteiger partial charge in [0.15, 0.2) is 0 Å². The van der Waals surface area contributed by atoms with Gasteiger partial charge in [0.1, 0.15) is 4.83 Å². The Hall–Kier alpha value is 0.190. The smallest absolute Gasteiger partial charge is 0.393 e. The van der Waals surface area contributed by atoms with Gasteiger partial charge in [-0.3, -0.25) is 4.90 Å². The van der Waals surface area contributed by atoms with Gasteiger partial charge in [0, 0.05) is 18.6 Å². The lowest BCUT2D eigenvalue weighted by Gasteiger charge is -2.38. The van der Waals surface area contributed by atoms with Crippen molar-refractivity contribution in [2.45, 2.75) is 54.9 Å². The Morgan fingerprint density at radius 1 is 1.25 bits per heavy atom. The Morgan fingerprint density at radius 3 is 2.19 bits per heavy atom. The Labute approximate surface area is 101 Å². The third-order valence-corrected chi connectivity index (χ3v) is 4.39. The maximum Gasteiger partial charge on any atom is 0.402 e. The van der Waals surface area contributed by atoms with Crippen molar-refractivity contribution >= 4 is 15.9 Å². The van der Waals surface area contributed by atoms with Crippen molar-refractivity contribution < 1.29 is 18.3 Å². The molecule has 6 heteroatoms. The topological polar surface area (TPSA) is 23.5 Å². The van der Waals surface area contributed by atoms with Crippen LogP contribution >= 0.6 is 15.9 Å². The van der Waals surface area contributed by atoms with E-state index in [1.54, 1.807) is 0 Å². The molecule has 0 amide bonds. The quantitative estimate of drug-likeness (QED) is 0.791. The van der Waals surface area contributed by atoms with Crippen molar-refractivity contribution in [1.29, 1.82) is 0 Å². The Balaban J connectivity index is 1.96. The molecule has 1 N–H and O–H groups in total. The average molecular weight is 302 g/mol. The number of halogens is 4. The van der Waals surface area contributed by atoms with Gasteiger partial charge < -0.3 is 5.11 Å². The molecular weight excluding hydrogens is 287 g/mol. The lowest BCUT2D eigenvalue weighted by atomic mass is 10.00. The molecule has 3 atom stereocenters. The fourth-order valence-electron chi connectivity index (χ4n) is 2.83. The van der Waals surface area contributed by atoms with Crippen LogP contribution in [-0.4, -0.2) is 45.7 Å². The first-order valence-corrected chi connectivity index (χ1v) is 6.44. The van der Waals surface area contributed by atoms with Crippen LogP contribution in [0.2, 0.25) is 0 Å². The summed E-state index contributed by atoms with van der Waals surface area (Å²) < 4.78 is 37.3. The highest BCUT2D eigenvalue weighted by atomic mass is 79.9. The van der Waals surface area contributed by atoms with Crippen LogP contribution in [0.1, 0.15) is 25.7 Å². The predicted octanol–water partition coefficient (Wildman–Crippen LogP) is 2.30. The SMILES string of the molecule is OC1CC2CCC(C1)N2CC(Br)C(F)(F)F. The molecule has 0 aromatic heterocycles. The number of alkyl halides is 4. The number of fused-ring (bicyclic) bond motifs is 2. The average Bonchev–Trinajstić information content (AvgIpc) is 2.41. The maximum absolute atomic E-state index is 12.4. The summed E-state index contributed by atoms with van der Waals surface area (Å²) in [5.41, 5.74) is 0. The molecular formula is C10H15BrF3NO. The van der Waals surface area contributed by atoms with E-state index in [2.05, 4.69) is 15.9 Å². The van der Waals surface area contributed by atoms with Crippen LogP contribution in [0.5, 0.6) is 0 Å². The molecule has 2 heterocycles. The molecule has 2 fully saturated rings. The van der Waals surface area contributed by atoms with Crippen LogP contribution in [0, 0.1) is 0 Å². The Kier molecular flexibility index (Phi) is 3.52. The molecule has 94 valence electrons. The largest absolute Gasteiger partial charge is 0.402 e. The lowest BCUT2D eigenvalue weighted by Crippen LogP contribution is -2.49. The molecule has 2 aliphatic heterocycles. The van der Waals surface area contributed by atoms with Crippen molar-refractivity contribution in [1.82, 2.24) is 4.90 Å². The second-order valence-corrected chi connectivity index (χ2v) is 5.82. The van der Waals surface area contributed by atoms with Crippen LogP contribution < -0.4 is 0 Å². The van der Waals surface area contributed by atoms with Crippen molar-refractivity contribution in [2.24, 2.45) is 0 Å². The number of nitrogens with zero attached hydrogens (tertiary/aromatic N) is 1. The molecule has 0 radical (unpaired) electrons. The monoisotopic (exact) mass is 301 g/mol. The summed E-state index contributed by atoms with van der Waals surface area (Å²) in [7, 11) is 0. The minimum absolute atomic E-state index is 0.00551. The Bertz CT molecular complexity index is 247. The standard InChI is InChI=1S/C10H15BrF3NO/c11-9(10(12,13)14)5-15-6-1-2-7(15)4-8(16)3-6/h6-9,16H,1-5H2. The first kappa shape index (κ1) is 12.6. The minimum atomic E-state index is -4.19. The predicted molar refractivity (Wildman–Crippen MR) is 57.5 cm³/mol. The highest BCUT2D eigenvalue weighted by Gasteiger charge is 2.45. The highest BCUT2D eigenvalue weighted by molar-refractivity contribution is 9.09. The number of rotatable bonds is 2. The maximum atomic E-state index is 12.4. The van der Waals surface area contributed by atoms with E-state index in [0.29, 0.717) is 12.8 Å². The summed E-state index contributed by atoms with van der Waals surface area (Å²) in [6.45, 7) is 0.00551. The molecule has 2 nitrogen and oxygen atoms in total. The number of hydrogen-bond acceptors (Lipinski definition) is 2. The molecule has 2 rings (SSSR count). The normalized spacial score (nSPS) is 37.7. The third-order valence-electron chi connectivity index (χ3n) is 3.59. The van der Waals surface area contributed by atoms with Crippen LogP contribution in [-0.2, 0) is 0 Å². The van der Waals surface area contributed by atoms with Gasteiger partial charge in [0.25, 0.3) is 0 Å². The molecule has 0 spiro atoms. The van der Waals surface area contributed by atoms with Gasteiger partial charge in [-0.25, -0.2) is 0 Å². The zero-order valence-electron chi connectivity index (χ0n) is 8.75. The van der Waals surface area contributed by atoms with E-state index < -0.39 is 11.0 Å². The molecule has 0 saturated carbocycles. The number of piperidine rings is 1. The fourth-order valence-corrected chi connectivity index (χ4v) is 3.17. The van der Waals surface area contributed by atoms with Gasteiger partial charge in [-0.05, 0) is 25.7 Å². The van der Waals surface area contributed by atoms with Crippen molar-refractivity contribution in [2.75, 3.05) is 6.54 Å². The zero-order valence-corrected chi connectivity index (χ0v) is 10.3. The molecule has 16 heavy (non-hydrogen) atoms. The number of hydrogen-bond donors (Lipinski definition) is 1. The summed E-state index contributed by atoms with van der Waals surface area (Å²) in [5, 5.41) is 9.54.